The molecule has 1 saturated heterocycles. The SMILES string of the molecule is Cc1ccc(NC(=O)c2cccc(N3C(=O)[C@H]4[C@H]5CC[C@@H](C5)[C@@H]4C3=O)c2)cc1C. The highest BCUT2D eigenvalue weighted by molar-refractivity contribution is 6.23. The molecule has 148 valence electrons. The molecular formula is C24H24N2O3. The number of fused-ring (bicyclic) bond motifs is 5. The minimum Gasteiger partial charge on any atom is -0.322 e. The lowest BCUT2D eigenvalue weighted by Gasteiger charge is -2.19. The van der Waals surface area contributed by atoms with E-state index in [2.05, 4.69) is 5.32 Å². The number of anilines is 2. The van der Waals surface area contributed by atoms with Crippen molar-refractivity contribution in [2.24, 2.45) is 23.7 Å². The summed E-state index contributed by atoms with van der Waals surface area (Å²) >= 11 is 0. The van der Waals surface area contributed by atoms with Gasteiger partial charge in [-0.05, 0) is 86.4 Å². The number of rotatable bonds is 3. The van der Waals surface area contributed by atoms with Crippen molar-refractivity contribution in [2.45, 2.75) is 33.1 Å². The van der Waals surface area contributed by atoms with E-state index in [1.54, 1.807) is 24.3 Å². The average Bonchev–Trinajstić information content (AvgIpc) is 3.38. The summed E-state index contributed by atoms with van der Waals surface area (Å²) in [6.07, 6.45) is 3.12. The molecule has 2 aromatic carbocycles. The Hall–Kier alpha value is -2.95. The largest absolute Gasteiger partial charge is 0.322 e. The second-order valence-corrected chi connectivity index (χ2v) is 8.70. The van der Waals surface area contributed by atoms with Crippen molar-refractivity contribution in [3.05, 3.63) is 59.2 Å². The first-order valence-electron chi connectivity index (χ1n) is 10.3. The molecule has 3 amide bonds. The normalized spacial score (nSPS) is 27.4. The van der Waals surface area contributed by atoms with E-state index in [0.29, 0.717) is 23.1 Å². The van der Waals surface area contributed by atoms with Crippen molar-refractivity contribution in [1.82, 2.24) is 0 Å². The summed E-state index contributed by atoms with van der Waals surface area (Å²) in [6.45, 7) is 4.02. The summed E-state index contributed by atoms with van der Waals surface area (Å²) in [4.78, 5) is 40.1. The monoisotopic (exact) mass is 388 g/mol. The fraction of sp³-hybridized carbons (Fsp3) is 0.375. The number of nitrogens with zero attached hydrogens (tertiary/aromatic N) is 1. The Bertz CT molecular complexity index is 1020. The number of hydrogen-bond donors (Lipinski definition) is 1. The number of carbonyl (C=O) groups is 3. The van der Waals surface area contributed by atoms with E-state index in [-0.39, 0.29) is 29.6 Å². The predicted molar refractivity (Wildman–Crippen MR) is 111 cm³/mol. The first-order chi connectivity index (χ1) is 13.9. The molecule has 2 saturated carbocycles. The molecule has 0 aromatic heterocycles. The van der Waals surface area contributed by atoms with Crippen LogP contribution in [-0.4, -0.2) is 17.7 Å². The molecule has 3 aliphatic rings. The van der Waals surface area contributed by atoms with Crippen molar-refractivity contribution >= 4 is 29.1 Å². The third-order valence-corrected chi connectivity index (χ3v) is 7.06. The summed E-state index contributed by atoms with van der Waals surface area (Å²) in [5.74, 6) is -0.0405. The standard InChI is InChI=1S/C24H24N2O3/c1-13-6-9-18(10-14(13)2)25-22(27)17-4-3-5-19(12-17)26-23(28)20-15-7-8-16(11-15)21(20)24(26)29/h3-6,9-10,12,15-16,20-21H,7-8,11H2,1-2H3,(H,25,27)/t15-,16-,20-,21-/m0/s1. The molecule has 5 nitrogen and oxygen atoms in total. The maximum absolute atomic E-state index is 13.0. The summed E-state index contributed by atoms with van der Waals surface area (Å²) in [5, 5.41) is 2.90. The molecule has 29 heavy (non-hydrogen) atoms. The number of imide groups is 1. The van der Waals surface area contributed by atoms with E-state index in [1.165, 1.54) is 4.90 Å². The molecule has 1 N–H and O–H groups in total. The minimum absolute atomic E-state index is 0.0843. The van der Waals surface area contributed by atoms with Gasteiger partial charge in [-0.3, -0.25) is 19.3 Å². The number of nitrogens with one attached hydrogen (secondary N) is 1. The van der Waals surface area contributed by atoms with Gasteiger partial charge in [-0.1, -0.05) is 12.1 Å². The lowest BCUT2D eigenvalue weighted by Crippen LogP contribution is -2.33. The molecule has 4 atom stereocenters. The number of hydrogen-bond acceptors (Lipinski definition) is 3. The fourth-order valence-electron chi connectivity index (χ4n) is 5.47. The van der Waals surface area contributed by atoms with E-state index in [9.17, 15) is 14.4 Å². The molecule has 2 bridgehead atoms. The quantitative estimate of drug-likeness (QED) is 0.806. The van der Waals surface area contributed by atoms with Crippen molar-refractivity contribution in [2.75, 3.05) is 10.2 Å². The number of amides is 3. The van der Waals surface area contributed by atoms with Gasteiger partial charge >= 0.3 is 0 Å². The van der Waals surface area contributed by atoms with Crippen LogP contribution in [0.4, 0.5) is 11.4 Å². The van der Waals surface area contributed by atoms with Gasteiger partial charge in [0.2, 0.25) is 11.8 Å². The number of benzene rings is 2. The molecule has 5 heteroatoms. The molecule has 0 spiro atoms. The average molecular weight is 388 g/mol. The van der Waals surface area contributed by atoms with Crippen LogP contribution in [0.25, 0.3) is 0 Å². The molecule has 0 radical (unpaired) electrons. The Morgan fingerprint density at radius 3 is 2.28 bits per heavy atom. The van der Waals surface area contributed by atoms with Crippen LogP contribution >= 0.6 is 0 Å². The van der Waals surface area contributed by atoms with Gasteiger partial charge in [0, 0.05) is 11.3 Å². The molecule has 0 unspecified atom stereocenters. The Morgan fingerprint density at radius 2 is 1.62 bits per heavy atom. The molecule has 1 aliphatic heterocycles. The van der Waals surface area contributed by atoms with Crippen LogP contribution in [0.15, 0.2) is 42.5 Å². The first-order valence-corrected chi connectivity index (χ1v) is 10.3. The highest BCUT2D eigenvalue weighted by Crippen LogP contribution is 2.56. The molecule has 2 aliphatic carbocycles. The van der Waals surface area contributed by atoms with Gasteiger partial charge in [0.15, 0.2) is 0 Å². The van der Waals surface area contributed by atoms with Gasteiger partial charge in [-0.2, -0.15) is 0 Å². The van der Waals surface area contributed by atoms with Crippen LogP contribution in [0, 0.1) is 37.5 Å². The van der Waals surface area contributed by atoms with Gasteiger partial charge in [0.25, 0.3) is 5.91 Å². The first kappa shape index (κ1) is 18.1. The molecule has 1 heterocycles. The highest BCUT2D eigenvalue weighted by Gasteiger charge is 2.61. The van der Waals surface area contributed by atoms with Crippen molar-refractivity contribution in [1.29, 1.82) is 0 Å². The summed E-state index contributed by atoms with van der Waals surface area (Å²) in [5.41, 5.74) is 3.92. The lowest BCUT2D eigenvalue weighted by molar-refractivity contribution is -0.123. The zero-order valence-corrected chi connectivity index (χ0v) is 16.6. The van der Waals surface area contributed by atoms with Crippen molar-refractivity contribution in [3.63, 3.8) is 0 Å². The Morgan fingerprint density at radius 1 is 0.931 bits per heavy atom. The maximum Gasteiger partial charge on any atom is 0.255 e. The van der Waals surface area contributed by atoms with Gasteiger partial charge in [-0.15, -0.1) is 0 Å². The van der Waals surface area contributed by atoms with Crippen LogP contribution in [0.1, 0.15) is 40.7 Å². The van der Waals surface area contributed by atoms with Crippen molar-refractivity contribution in [3.8, 4) is 0 Å². The van der Waals surface area contributed by atoms with Crippen LogP contribution in [0.2, 0.25) is 0 Å². The van der Waals surface area contributed by atoms with Crippen LogP contribution in [-0.2, 0) is 9.59 Å². The molecule has 5 rings (SSSR count). The summed E-state index contributed by atoms with van der Waals surface area (Å²) < 4.78 is 0. The molecule has 2 aromatic rings. The molecular weight excluding hydrogens is 364 g/mol. The number of aryl methyl sites for hydroxylation is 2. The fourth-order valence-corrected chi connectivity index (χ4v) is 5.47. The van der Waals surface area contributed by atoms with Crippen molar-refractivity contribution < 1.29 is 14.4 Å². The Labute approximate surface area is 170 Å². The van der Waals surface area contributed by atoms with Gasteiger partial charge in [0.1, 0.15) is 0 Å². The van der Waals surface area contributed by atoms with Crippen LogP contribution < -0.4 is 10.2 Å². The number of carbonyl (C=O) groups excluding carboxylic acids is 3. The topological polar surface area (TPSA) is 66.5 Å². The highest BCUT2D eigenvalue weighted by atomic mass is 16.2. The second kappa shape index (κ2) is 6.55. The second-order valence-electron chi connectivity index (χ2n) is 8.70. The van der Waals surface area contributed by atoms with E-state index >= 15 is 0 Å². The van der Waals surface area contributed by atoms with E-state index in [4.69, 9.17) is 0 Å². The Balaban J connectivity index is 1.40. The van der Waals surface area contributed by atoms with E-state index in [0.717, 1.165) is 36.1 Å². The third-order valence-electron chi connectivity index (χ3n) is 7.06. The van der Waals surface area contributed by atoms with E-state index < -0.39 is 0 Å². The van der Waals surface area contributed by atoms with Gasteiger partial charge in [-0.25, -0.2) is 0 Å². The molecule has 3 fully saturated rings. The van der Waals surface area contributed by atoms with E-state index in [1.807, 2.05) is 32.0 Å². The zero-order valence-electron chi connectivity index (χ0n) is 16.6. The summed E-state index contributed by atoms with van der Waals surface area (Å²) in [7, 11) is 0. The van der Waals surface area contributed by atoms with Gasteiger partial charge < -0.3 is 5.32 Å². The Kier molecular flexibility index (Phi) is 4.09. The van der Waals surface area contributed by atoms with Gasteiger partial charge in [0.05, 0.1) is 17.5 Å². The smallest absolute Gasteiger partial charge is 0.255 e. The van der Waals surface area contributed by atoms with Crippen LogP contribution in [0.5, 0.6) is 0 Å². The minimum atomic E-state index is -0.255. The third kappa shape index (κ3) is 2.79. The predicted octanol–water partition coefficient (Wildman–Crippen LogP) is 4.09. The lowest BCUT2D eigenvalue weighted by atomic mass is 9.81. The van der Waals surface area contributed by atoms with Crippen LogP contribution in [0.3, 0.4) is 0 Å². The zero-order chi connectivity index (χ0) is 20.3. The summed E-state index contributed by atoms with van der Waals surface area (Å²) in [6, 6.07) is 12.6. The maximum atomic E-state index is 13.0.